The highest BCUT2D eigenvalue weighted by molar-refractivity contribution is 6.74. The molecule has 0 spiro atoms. The van der Waals surface area contributed by atoms with Crippen LogP contribution in [-0.4, -0.2) is 12.9 Å². The minimum atomic E-state index is -1.79. The molecule has 0 aliphatic heterocycles. The first-order chi connectivity index (χ1) is 12.2. The Morgan fingerprint density at radius 3 is 2.23 bits per heavy atom. The summed E-state index contributed by atoms with van der Waals surface area (Å²) in [6.07, 6.45) is 2.14. The molecule has 0 atom stereocenters. The van der Waals surface area contributed by atoms with Gasteiger partial charge in [0.25, 0.3) is 0 Å². The first kappa shape index (κ1) is 18.6. The van der Waals surface area contributed by atoms with E-state index in [-0.39, 0.29) is 5.04 Å². The Morgan fingerprint density at radius 2 is 1.62 bits per heavy atom. The second-order valence-electron chi connectivity index (χ2n) is 8.39. The average Bonchev–Trinajstić information content (AvgIpc) is 2.97. The molecule has 0 radical (unpaired) electrons. The highest BCUT2D eigenvalue weighted by Gasteiger charge is 2.38. The minimum absolute atomic E-state index is 0.203. The van der Waals surface area contributed by atoms with E-state index in [4.69, 9.17) is 4.43 Å². The third kappa shape index (κ3) is 3.80. The summed E-state index contributed by atoms with van der Waals surface area (Å²) in [5.41, 5.74) is 3.45. The number of fused-ring (bicyclic) bond motifs is 1. The molecule has 0 saturated heterocycles. The van der Waals surface area contributed by atoms with Crippen molar-refractivity contribution in [3.05, 3.63) is 54.7 Å². The van der Waals surface area contributed by atoms with Crippen LogP contribution in [0.3, 0.4) is 0 Å². The smallest absolute Gasteiger partial charge is 0.250 e. The van der Waals surface area contributed by atoms with Gasteiger partial charge in [-0.2, -0.15) is 0 Å². The zero-order chi connectivity index (χ0) is 18.9. The van der Waals surface area contributed by atoms with E-state index in [0.29, 0.717) is 0 Å². The van der Waals surface area contributed by atoms with Crippen LogP contribution in [0.1, 0.15) is 27.7 Å². The Labute approximate surface area is 158 Å². The van der Waals surface area contributed by atoms with E-state index in [2.05, 4.69) is 105 Å². The number of aryl methyl sites for hydroxylation is 1. The van der Waals surface area contributed by atoms with Gasteiger partial charge in [-0.1, -0.05) is 20.8 Å². The van der Waals surface area contributed by atoms with Gasteiger partial charge in [-0.15, -0.1) is 0 Å². The molecule has 0 bridgehead atoms. The Bertz CT molecular complexity index is 889. The molecule has 138 valence electrons. The van der Waals surface area contributed by atoms with E-state index < -0.39 is 8.32 Å². The van der Waals surface area contributed by atoms with Gasteiger partial charge in [0.1, 0.15) is 5.75 Å². The highest BCUT2D eigenvalue weighted by Crippen LogP contribution is 2.37. The van der Waals surface area contributed by atoms with E-state index >= 15 is 0 Å². The fourth-order valence-electron chi connectivity index (χ4n) is 2.77. The van der Waals surface area contributed by atoms with Crippen molar-refractivity contribution in [2.75, 3.05) is 5.32 Å². The summed E-state index contributed by atoms with van der Waals surface area (Å²) in [4.78, 5) is 0. The van der Waals surface area contributed by atoms with Crippen molar-refractivity contribution in [1.82, 2.24) is 4.57 Å². The number of nitrogens with one attached hydrogen (secondary N) is 1. The van der Waals surface area contributed by atoms with Crippen LogP contribution in [0.25, 0.3) is 10.9 Å². The number of hydrogen-bond acceptors (Lipinski definition) is 2. The molecule has 0 aliphatic carbocycles. The molecule has 0 fully saturated rings. The van der Waals surface area contributed by atoms with Crippen molar-refractivity contribution >= 4 is 30.6 Å². The van der Waals surface area contributed by atoms with Crippen LogP contribution >= 0.6 is 0 Å². The summed E-state index contributed by atoms with van der Waals surface area (Å²) >= 11 is 0. The zero-order valence-corrected chi connectivity index (χ0v) is 17.8. The Hall–Kier alpha value is -2.20. The molecule has 0 saturated carbocycles. The van der Waals surface area contributed by atoms with Crippen LogP contribution in [0, 0.1) is 0 Å². The molecule has 4 heteroatoms. The Kier molecular flexibility index (Phi) is 4.89. The number of hydrogen-bond donors (Lipinski definition) is 1. The lowest BCUT2D eigenvalue weighted by Gasteiger charge is -2.36. The highest BCUT2D eigenvalue weighted by atomic mass is 28.4. The van der Waals surface area contributed by atoms with E-state index in [1.807, 2.05) is 0 Å². The van der Waals surface area contributed by atoms with E-state index in [9.17, 15) is 0 Å². The molecule has 3 rings (SSSR count). The van der Waals surface area contributed by atoms with Crippen LogP contribution in [0.4, 0.5) is 11.4 Å². The van der Waals surface area contributed by atoms with Gasteiger partial charge in [-0.05, 0) is 73.6 Å². The first-order valence-corrected chi connectivity index (χ1v) is 12.3. The molecule has 0 unspecified atom stereocenters. The molecule has 26 heavy (non-hydrogen) atoms. The topological polar surface area (TPSA) is 26.2 Å². The second-order valence-corrected chi connectivity index (χ2v) is 13.1. The van der Waals surface area contributed by atoms with Crippen molar-refractivity contribution in [2.24, 2.45) is 0 Å². The number of aromatic nitrogens is 1. The molecule has 1 aromatic heterocycles. The van der Waals surface area contributed by atoms with Gasteiger partial charge in [0.2, 0.25) is 8.32 Å². The summed E-state index contributed by atoms with van der Waals surface area (Å²) < 4.78 is 8.61. The van der Waals surface area contributed by atoms with Crippen LogP contribution in [0.5, 0.6) is 5.75 Å². The third-order valence-corrected chi connectivity index (χ3v) is 9.79. The van der Waals surface area contributed by atoms with Crippen molar-refractivity contribution in [2.45, 2.75) is 52.4 Å². The van der Waals surface area contributed by atoms with Gasteiger partial charge in [0.05, 0.1) is 0 Å². The van der Waals surface area contributed by atoms with Crippen molar-refractivity contribution in [3.63, 3.8) is 0 Å². The number of rotatable bonds is 5. The van der Waals surface area contributed by atoms with Crippen LogP contribution in [-0.2, 0) is 6.54 Å². The minimum Gasteiger partial charge on any atom is -0.544 e. The zero-order valence-electron chi connectivity index (χ0n) is 16.8. The standard InChI is InChI=1S/C22H30N2OSi/c1-7-24-15-14-17-16-19(10-13-21(17)24)23-18-8-11-20(12-9-18)25-26(5,6)22(2,3)4/h8-16,23H,7H2,1-6H3. The molecule has 2 aromatic carbocycles. The van der Waals surface area contributed by atoms with Gasteiger partial charge in [-0.25, -0.2) is 0 Å². The molecule has 1 heterocycles. The van der Waals surface area contributed by atoms with Gasteiger partial charge >= 0.3 is 0 Å². The normalized spacial score (nSPS) is 12.4. The van der Waals surface area contributed by atoms with Gasteiger partial charge < -0.3 is 14.3 Å². The summed E-state index contributed by atoms with van der Waals surface area (Å²) in [5.74, 6) is 0.956. The molecule has 1 N–H and O–H groups in total. The Morgan fingerprint density at radius 1 is 0.962 bits per heavy atom. The molecule has 3 aromatic rings. The SMILES string of the molecule is CCn1ccc2cc(Nc3ccc(O[Si](C)(C)C(C)(C)C)cc3)ccc21. The summed E-state index contributed by atoms with van der Waals surface area (Å²) in [6, 6.07) is 17.0. The molecule has 0 aliphatic rings. The molecular weight excluding hydrogens is 336 g/mol. The predicted molar refractivity (Wildman–Crippen MR) is 115 cm³/mol. The van der Waals surface area contributed by atoms with E-state index in [0.717, 1.165) is 23.7 Å². The summed E-state index contributed by atoms with van der Waals surface area (Å²) in [7, 11) is -1.79. The van der Waals surface area contributed by atoms with Crippen molar-refractivity contribution < 1.29 is 4.43 Å². The van der Waals surface area contributed by atoms with Crippen LogP contribution < -0.4 is 9.74 Å². The predicted octanol–water partition coefficient (Wildman–Crippen LogP) is 6.79. The third-order valence-electron chi connectivity index (χ3n) is 5.43. The number of benzene rings is 2. The maximum Gasteiger partial charge on any atom is 0.250 e. The van der Waals surface area contributed by atoms with Crippen molar-refractivity contribution in [3.8, 4) is 5.75 Å². The quantitative estimate of drug-likeness (QED) is 0.503. The number of nitrogens with zero attached hydrogens (tertiary/aromatic N) is 1. The maximum atomic E-state index is 6.35. The maximum absolute atomic E-state index is 6.35. The summed E-state index contributed by atoms with van der Waals surface area (Å²) in [5, 5.41) is 4.95. The fraction of sp³-hybridized carbons (Fsp3) is 0.364. The van der Waals surface area contributed by atoms with E-state index in [1.54, 1.807) is 0 Å². The van der Waals surface area contributed by atoms with Crippen molar-refractivity contribution in [1.29, 1.82) is 0 Å². The Balaban J connectivity index is 1.73. The molecule has 0 amide bonds. The lowest BCUT2D eigenvalue weighted by molar-refractivity contribution is 0.492. The van der Waals surface area contributed by atoms with Gasteiger partial charge in [0, 0.05) is 35.0 Å². The largest absolute Gasteiger partial charge is 0.544 e. The van der Waals surface area contributed by atoms with Gasteiger partial charge in [0.15, 0.2) is 0 Å². The van der Waals surface area contributed by atoms with Gasteiger partial charge in [-0.3, -0.25) is 0 Å². The average molecular weight is 367 g/mol. The lowest BCUT2D eigenvalue weighted by Crippen LogP contribution is -2.43. The monoisotopic (exact) mass is 366 g/mol. The summed E-state index contributed by atoms with van der Waals surface area (Å²) in [6.45, 7) is 14.5. The van der Waals surface area contributed by atoms with Crippen LogP contribution in [0.15, 0.2) is 54.7 Å². The molecule has 3 nitrogen and oxygen atoms in total. The second kappa shape index (κ2) is 6.84. The van der Waals surface area contributed by atoms with E-state index in [1.165, 1.54) is 10.9 Å². The lowest BCUT2D eigenvalue weighted by atomic mass is 10.2. The number of anilines is 2. The fourth-order valence-corrected chi connectivity index (χ4v) is 3.81. The first-order valence-electron chi connectivity index (χ1n) is 9.34. The molecular formula is C22H30N2OSi. The van der Waals surface area contributed by atoms with Crippen LogP contribution in [0.2, 0.25) is 18.1 Å².